The van der Waals surface area contributed by atoms with Gasteiger partial charge in [-0.15, -0.1) is 0 Å². The summed E-state index contributed by atoms with van der Waals surface area (Å²) in [7, 11) is 4.16. The van der Waals surface area contributed by atoms with Crippen molar-refractivity contribution in [2.24, 2.45) is 0 Å². The lowest BCUT2D eigenvalue weighted by Crippen LogP contribution is -2.51. The molecule has 0 radical (unpaired) electrons. The van der Waals surface area contributed by atoms with E-state index in [1.807, 2.05) is 6.92 Å². The minimum absolute atomic E-state index is 0.0764. The average Bonchev–Trinajstić information content (AvgIpc) is 2.05. The Morgan fingerprint density at radius 3 is 2.25 bits per heavy atom. The number of carbonyl (C=O) groups is 1. The van der Waals surface area contributed by atoms with Gasteiger partial charge >= 0.3 is 0 Å². The fraction of sp³-hybridized carbons (Fsp3) is 0.700. The molecular weight excluding hydrogens is 150 g/mol. The van der Waals surface area contributed by atoms with Crippen molar-refractivity contribution in [2.45, 2.75) is 26.3 Å². The molecule has 1 unspecified atom stereocenters. The zero-order valence-electron chi connectivity index (χ0n) is 8.63. The van der Waals surface area contributed by atoms with Crippen LogP contribution in [0, 0.1) is 0 Å². The lowest BCUT2D eigenvalue weighted by atomic mass is 10.1. The summed E-state index contributed by atoms with van der Waals surface area (Å²) in [5.74, 6) is 0.157. The first-order valence-electron chi connectivity index (χ1n) is 4.48. The SMILES string of the molecule is C=CC(=O)C(CC)[N+](C)(C)CC. The third-order valence-corrected chi connectivity index (χ3v) is 2.58. The first kappa shape index (κ1) is 11.4. The van der Waals surface area contributed by atoms with E-state index in [1.165, 1.54) is 6.08 Å². The van der Waals surface area contributed by atoms with Gasteiger partial charge in [0, 0.05) is 6.42 Å². The van der Waals surface area contributed by atoms with Crippen molar-refractivity contribution >= 4 is 5.78 Å². The van der Waals surface area contributed by atoms with Gasteiger partial charge in [-0.3, -0.25) is 4.79 Å². The van der Waals surface area contributed by atoms with Crippen molar-refractivity contribution in [3.05, 3.63) is 12.7 Å². The Kier molecular flexibility index (Phi) is 4.18. The maximum atomic E-state index is 11.4. The van der Waals surface area contributed by atoms with Crippen LogP contribution in [-0.2, 0) is 4.79 Å². The van der Waals surface area contributed by atoms with Gasteiger partial charge < -0.3 is 4.48 Å². The molecule has 0 amide bonds. The second-order valence-electron chi connectivity index (χ2n) is 3.63. The number of hydrogen-bond acceptors (Lipinski definition) is 1. The Hall–Kier alpha value is -0.630. The number of likely N-dealkylation sites (N-methyl/N-ethyl adjacent to an activating group) is 1. The van der Waals surface area contributed by atoms with Gasteiger partial charge in [0.05, 0.1) is 20.6 Å². The lowest BCUT2D eigenvalue weighted by molar-refractivity contribution is -0.903. The van der Waals surface area contributed by atoms with Crippen molar-refractivity contribution in [3.8, 4) is 0 Å². The van der Waals surface area contributed by atoms with E-state index in [-0.39, 0.29) is 11.8 Å². The molecule has 0 bridgehead atoms. The van der Waals surface area contributed by atoms with Gasteiger partial charge in [0.1, 0.15) is 0 Å². The van der Waals surface area contributed by atoms with Crippen LogP contribution in [0.15, 0.2) is 12.7 Å². The molecule has 2 heteroatoms. The number of ketones is 1. The van der Waals surface area contributed by atoms with E-state index in [1.54, 1.807) is 0 Å². The summed E-state index contributed by atoms with van der Waals surface area (Å²) in [4.78, 5) is 11.4. The van der Waals surface area contributed by atoms with E-state index in [0.717, 1.165) is 17.4 Å². The monoisotopic (exact) mass is 170 g/mol. The molecule has 0 aromatic carbocycles. The van der Waals surface area contributed by atoms with Gasteiger partial charge in [0.15, 0.2) is 6.04 Å². The summed E-state index contributed by atoms with van der Waals surface area (Å²) in [6, 6.07) is 0.0764. The van der Waals surface area contributed by atoms with Crippen molar-refractivity contribution in [2.75, 3.05) is 20.6 Å². The van der Waals surface area contributed by atoms with Crippen LogP contribution < -0.4 is 0 Å². The molecule has 0 spiro atoms. The lowest BCUT2D eigenvalue weighted by Gasteiger charge is -2.35. The number of carbonyl (C=O) groups excluding carboxylic acids is 1. The summed E-state index contributed by atoms with van der Waals surface area (Å²) >= 11 is 0. The molecule has 0 aliphatic rings. The Balaban J connectivity index is 4.54. The van der Waals surface area contributed by atoms with E-state index in [0.29, 0.717) is 0 Å². The Labute approximate surface area is 75.5 Å². The van der Waals surface area contributed by atoms with Crippen molar-refractivity contribution in [3.63, 3.8) is 0 Å². The maximum absolute atomic E-state index is 11.4. The number of quaternary nitrogens is 1. The highest BCUT2D eigenvalue weighted by Crippen LogP contribution is 2.11. The highest BCUT2D eigenvalue weighted by Gasteiger charge is 2.29. The molecule has 70 valence electrons. The summed E-state index contributed by atoms with van der Waals surface area (Å²) < 4.78 is 0.751. The van der Waals surface area contributed by atoms with Crippen LogP contribution in [0.2, 0.25) is 0 Å². The third kappa shape index (κ3) is 2.45. The van der Waals surface area contributed by atoms with Gasteiger partial charge in [-0.2, -0.15) is 0 Å². The minimum atomic E-state index is 0.0764. The summed E-state index contributed by atoms with van der Waals surface area (Å²) in [5.41, 5.74) is 0. The Morgan fingerprint density at radius 2 is 2.00 bits per heavy atom. The van der Waals surface area contributed by atoms with Crippen molar-refractivity contribution in [1.82, 2.24) is 0 Å². The average molecular weight is 170 g/mol. The van der Waals surface area contributed by atoms with Crippen LogP contribution in [0.4, 0.5) is 0 Å². The highest BCUT2D eigenvalue weighted by atomic mass is 16.1. The zero-order valence-corrected chi connectivity index (χ0v) is 8.63. The number of hydrogen-bond donors (Lipinski definition) is 0. The number of rotatable bonds is 5. The number of nitrogens with zero attached hydrogens (tertiary/aromatic N) is 1. The van der Waals surface area contributed by atoms with Crippen LogP contribution in [0.3, 0.4) is 0 Å². The topological polar surface area (TPSA) is 17.1 Å². The second kappa shape index (κ2) is 4.41. The fourth-order valence-electron chi connectivity index (χ4n) is 1.40. The molecule has 0 saturated heterocycles. The molecule has 0 N–H and O–H groups in total. The quantitative estimate of drug-likeness (QED) is 0.452. The van der Waals surface area contributed by atoms with Crippen LogP contribution in [0.5, 0.6) is 0 Å². The molecule has 12 heavy (non-hydrogen) atoms. The Morgan fingerprint density at radius 1 is 1.50 bits per heavy atom. The molecule has 0 rings (SSSR count). The van der Waals surface area contributed by atoms with Gasteiger partial charge in [-0.05, 0) is 13.0 Å². The van der Waals surface area contributed by atoms with E-state index in [2.05, 4.69) is 27.6 Å². The first-order valence-corrected chi connectivity index (χ1v) is 4.48. The van der Waals surface area contributed by atoms with E-state index < -0.39 is 0 Å². The smallest absolute Gasteiger partial charge is 0.212 e. The van der Waals surface area contributed by atoms with Crippen molar-refractivity contribution in [1.29, 1.82) is 0 Å². The summed E-state index contributed by atoms with van der Waals surface area (Å²) in [6.07, 6.45) is 2.31. The zero-order chi connectivity index (χ0) is 9.78. The normalized spacial score (nSPS) is 14.0. The largest absolute Gasteiger partial charge is 0.320 e. The molecule has 0 heterocycles. The van der Waals surface area contributed by atoms with E-state index >= 15 is 0 Å². The van der Waals surface area contributed by atoms with E-state index in [4.69, 9.17) is 0 Å². The molecule has 2 nitrogen and oxygen atoms in total. The molecule has 0 aromatic heterocycles. The third-order valence-electron chi connectivity index (χ3n) is 2.58. The maximum Gasteiger partial charge on any atom is 0.212 e. The standard InChI is InChI=1S/C10H20NO/c1-6-9(10(12)7-2)11(4,5)8-3/h7,9H,2,6,8H2,1,3-5H3/q+1. The fourth-order valence-corrected chi connectivity index (χ4v) is 1.40. The van der Waals surface area contributed by atoms with Crippen molar-refractivity contribution < 1.29 is 9.28 Å². The van der Waals surface area contributed by atoms with Gasteiger partial charge in [-0.1, -0.05) is 13.5 Å². The molecule has 0 aliphatic heterocycles. The molecule has 0 fully saturated rings. The van der Waals surface area contributed by atoms with Crippen LogP contribution in [-0.4, -0.2) is 36.9 Å². The van der Waals surface area contributed by atoms with Crippen LogP contribution in [0.1, 0.15) is 20.3 Å². The highest BCUT2D eigenvalue weighted by molar-refractivity contribution is 5.92. The summed E-state index contributed by atoms with van der Waals surface area (Å²) in [6.45, 7) is 8.63. The van der Waals surface area contributed by atoms with Gasteiger partial charge in [0.25, 0.3) is 0 Å². The molecule has 0 saturated carbocycles. The second-order valence-corrected chi connectivity index (χ2v) is 3.63. The van der Waals surface area contributed by atoms with Gasteiger partial charge in [0.2, 0.25) is 5.78 Å². The molecule has 1 atom stereocenters. The molecule has 0 aliphatic carbocycles. The van der Waals surface area contributed by atoms with E-state index in [9.17, 15) is 4.79 Å². The Bertz CT molecular complexity index is 173. The molecule has 0 aromatic rings. The predicted molar refractivity (Wildman–Crippen MR) is 51.9 cm³/mol. The minimum Gasteiger partial charge on any atom is -0.320 e. The molecular formula is C10H20NO+. The first-order chi connectivity index (χ1) is 5.49. The van der Waals surface area contributed by atoms with Gasteiger partial charge in [-0.25, -0.2) is 0 Å². The predicted octanol–water partition coefficient (Wildman–Crippen LogP) is 1.62. The van der Waals surface area contributed by atoms with Crippen LogP contribution >= 0.6 is 0 Å². The van der Waals surface area contributed by atoms with Crippen LogP contribution in [0.25, 0.3) is 0 Å². The summed E-state index contributed by atoms with van der Waals surface area (Å²) in [5, 5.41) is 0.